The lowest BCUT2D eigenvalue weighted by Crippen LogP contribution is -2.40. The van der Waals surface area contributed by atoms with Crippen molar-refractivity contribution >= 4 is 5.91 Å². The monoisotopic (exact) mass is 246 g/mol. The van der Waals surface area contributed by atoms with Gasteiger partial charge in [0.25, 0.3) is 0 Å². The van der Waals surface area contributed by atoms with Crippen molar-refractivity contribution in [1.82, 2.24) is 5.32 Å². The van der Waals surface area contributed by atoms with Gasteiger partial charge in [-0.1, -0.05) is 56.2 Å². The van der Waals surface area contributed by atoms with Crippen LogP contribution in [0.25, 0.3) is 10.4 Å². The highest BCUT2D eigenvalue weighted by atomic mass is 16.2. The molecule has 5 nitrogen and oxygen atoms in total. The van der Waals surface area contributed by atoms with Crippen molar-refractivity contribution in [3.63, 3.8) is 0 Å². The maximum absolute atomic E-state index is 12.0. The Morgan fingerprint density at radius 2 is 2.00 bits per heavy atom. The number of carbonyl (C=O) groups is 1. The minimum atomic E-state index is -0.703. The molecule has 0 unspecified atom stereocenters. The molecule has 1 rings (SSSR count). The van der Waals surface area contributed by atoms with Crippen LogP contribution in [0.5, 0.6) is 0 Å². The Morgan fingerprint density at radius 3 is 2.50 bits per heavy atom. The van der Waals surface area contributed by atoms with Crippen molar-refractivity contribution in [2.75, 3.05) is 0 Å². The van der Waals surface area contributed by atoms with Crippen LogP contribution in [0, 0.1) is 5.41 Å². The number of nitrogens with one attached hydrogen (secondary N) is 1. The van der Waals surface area contributed by atoms with Crippen LogP contribution in [0.2, 0.25) is 0 Å². The van der Waals surface area contributed by atoms with E-state index in [0.717, 1.165) is 5.56 Å². The first-order chi connectivity index (χ1) is 8.45. The molecule has 1 aromatic rings. The number of hydrogen-bond acceptors (Lipinski definition) is 2. The summed E-state index contributed by atoms with van der Waals surface area (Å²) in [5.41, 5.74) is 9.13. The summed E-state index contributed by atoms with van der Waals surface area (Å²) in [7, 11) is 0. The van der Waals surface area contributed by atoms with Crippen molar-refractivity contribution in [3.05, 3.63) is 46.3 Å². The molecule has 0 bridgehead atoms. The second-order valence-corrected chi connectivity index (χ2v) is 5.18. The summed E-state index contributed by atoms with van der Waals surface area (Å²) >= 11 is 0. The molecule has 1 atom stereocenters. The fraction of sp³-hybridized carbons (Fsp3) is 0.462. The molecular formula is C13H18N4O. The molecule has 0 heterocycles. The van der Waals surface area contributed by atoms with Crippen molar-refractivity contribution in [2.45, 2.75) is 33.4 Å². The normalized spacial score (nSPS) is 12.4. The number of nitrogens with zero attached hydrogens (tertiary/aromatic N) is 3. The zero-order valence-corrected chi connectivity index (χ0v) is 10.9. The van der Waals surface area contributed by atoms with Crippen LogP contribution in [0.1, 0.15) is 26.3 Å². The average Bonchev–Trinajstić information content (AvgIpc) is 2.33. The molecule has 0 aromatic heterocycles. The van der Waals surface area contributed by atoms with Crippen LogP contribution in [0.15, 0.2) is 35.4 Å². The van der Waals surface area contributed by atoms with E-state index in [2.05, 4.69) is 15.3 Å². The Labute approximate surface area is 107 Å². The number of benzene rings is 1. The summed E-state index contributed by atoms with van der Waals surface area (Å²) in [6, 6.07) is 8.90. The molecule has 1 N–H and O–H groups in total. The van der Waals surface area contributed by atoms with Gasteiger partial charge in [0, 0.05) is 11.5 Å². The van der Waals surface area contributed by atoms with Gasteiger partial charge in [0.15, 0.2) is 0 Å². The molecule has 0 aliphatic rings. The molecule has 0 aliphatic heterocycles. The fourth-order valence-electron chi connectivity index (χ4n) is 1.55. The van der Waals surface area contributed by atoms with Gasteiger partial charge >= 0.3 is 0 Å². The summed E-state index contributed by atoms with van der Waals surface area (Å²) in [6.45, 7) is 6.05. The van der Waals surface area contributed by atoms with Crippen molar-refractivity contribution < 1.29 is 4.79 Å². The second kappa shape index (κ2) is 6.07. The van der Waals surface area contributed by atoms with Gasteiger partial charge in [0.05, 0.1) is 0 Å². The van der Waals surface area contributed by atoms with E-state index in [1.807, 2.05) is 51.1 Å². The van der Waals surface area contributed by atoms with Gasteiger partial charge in [-0.05, 0) is 16.5 Å². The minimum absolute atomic E-state index is 0.246. The third-order valence-electron chi connectivity index (χ3n) is 2.55. The van der Waals surface area contributed by atoms with Crippen molar-refractivity contribution in [3.8, 4) is 0 Å². The maximum Gasteiger partial charge on any atom is 0.229 e. The molecule has 0 saturated carbocycles. The van der Waals surface area contributed by atoms with Crippen LogP contribution in [-0.2, 0) is 11.3 Å². The zero-order valence-electron chi connectivity index (χ0n) is 10.9. The SMILES string of the molecule is CC(C)(C)[C@@H](N=[N+]=[N-])C(=O)NCc1ccccc1. The summed E-state index contributed by atoms with van der Waals surface area (Å²) in [5.74, 6) is -0.246. The van der Waals surface area contributed by atoms with Gasteiger partial charge in [0.1, 0.15) is 6.04 Å². The number of carbonyl (C=O) groups excluding carboxylic acids is 1. The van der Waals surface area contributed by atoms with E-state index in [1.54, 1.807) is 0 Å². The third-order valence-corrected chi connectivity index (χ3v) is 2.55. The predicted molar refractivity (Wildman–Crippen MR) is 70.7 cm³/mol. The lowest BCUT2D eigenvalue weighted by molar-refractivity contribution is -0.124. The van der Waals surface area contributed by atoms with E-state index < -0.39 is 11.5 Å². The lowest BCUT2D eigenvalue weighted by atomic mass is 9.87. The number of rotatable bonds is 4. The first-order valence-electron chi connectivity index (χ1n) is 5.81. The maximum atomic E-state index is 12.0. The average molecular weight is 246 g/mol. The molecule has 0 radical (unpaired) electrons. The second-order valence-electron chi connectivity index (χ2n) is 5.18. The van der Waals surface area contributed by atoms with Gasteiger partial charge in [-0.3, -0.25) is 4.79 Å². The van der Waals surface area contributed by atoms with Gasteiger partial charge in [-0.15, -0.1) is 0 Å². The quantitative estimate of drug-likeness (QED) is 0.494. The van der Waals surface area contributed by atoms with E-state index in [-0.39, 0.29) is 5.91 Å². The molecule has 96 valence electrons. The molecule has 1 amide bonds. The molecule has 0 fully saturated rings. The fourth-order valence-corrected chi connectivity index (χ4v) is 1.55. The van der Waals surface area contributed by atoms with Gasteiger partial charge in [-0.2, -0.15) is 0 Å². The Hall–Kier alpha value is -2.00. The molecule has 18 heavy (non-hydrogen) atoms. The molecule has 0 aliphatic carbocycles. The van der Waals surface area contributed by atoms with Crippen LogP contribution >= 0.6 is 0 Å². The Bertz CT molecular complexity index is 444. The van der Waals surface area contributed by atoms with Crippen LogP contribution in [0.3, 0.4) is 0 Å². The molecule has 0 saturated heterocycles. The van der Waals surface area contributed by atoms with Crippen molar-refractivity contribution in [1.29, 1.82) is 0 Å². The topological polar surface area (TPSA) is 77.9 Å². The van der Waals surface area contributed by atoms with E-state index >= 15 is 0 Å². The smallest absolute Gasteiger partial charge is 0.229 e. The molecular weight excluding hydrogens is 228 g/mol. The zero-order chi connectivity index (χ0) is 13.6. The van der Waals surface area contributed by atoms with Gasteiger partial charge < -0.3 is 5.32 Å². The van der Waals surface area contributed by atoms with E-state index in [4.69, 9.17) is 5.53 Å². The summed E-state index contributed by atoms with van der Waals surface area (Å²) in [5, 5.41) is 6.36. The van der Waals surface area contributed by atoms with Crippen LogP contribution in [-0.4, -0.2) is 11.9 Å². The first-order valence-corrected chi connectivity index (χ1v) is 5.81. The lowest BCUT2D eigenvalue weighted by Gasteiger charge is -2.25. The van der Waals surface area contributed by atoms with Gasteiger partial charge in [-0.25, -0.2) is 0 Å². The molecule has 5 heteroatoms. The highest BCUT2D eigenvalue weighted by Crippen LogP contribution is 2.22. The predicted octanol–water partition coefficient (Wildman–Crippen LogP) is 3.03. The highest BCUT2D eigenvalue weighted by molar-refractivity contribution is 5.82. The van der Waals surface area contributed by atoms with E-state index in [1.165, 1.54) is 0 Å². The summed E-state index contributed by atoms with van der Waals surface area (Å²) in [4.78, 5) is 14.7. The first kappa shape index (κ1) is 14.1. The van der Waals surface area contributed by atoms with Crippen molar-refractivity contribution in [2.24, 2.45) is 10.5 Å². The number of azide groups is 1. The molecule has 0 spiro atoms. The standard InChI is InChI=1S/C13H18N4O/c1-13(2,3)11(16-17-14)12(18)15-9-10-7-5-4-6-8-10/h4-8,11H,9H2,1-3H3,(H,15,18)/t11-/m0/s1. The number of hydrogen-bond donors (Lipinski definition) is 1. The largest absolute Gasteiger partial charge is 0.352 e. The van der Waals surface area contributed by atoms with Crippen LogP contribution < -0.4 is 5.32 Å². The van der Waals surface area contributed by atoms with Crippen LogP contribution in [0.4, 0.5) is 0 Å². The number of amides is 1. The highest BCUT2D eigenvalue weighted by Gasteiger charge is 2.30. The molecule has 1 aromatic carbocycles. The van der Waals surface area contributed by atoms with Gasteiger partial charge in [0.2, 0.25) is 5.91 Å². The summed E-state index contributed by atoms with van der Waals surface area (Å²) in [6.07, 6.45) is 0. The minimum Gasteiger partial charge on any atom is -0.352 e. The van der Waals surface area contributed by atoms with E-state index in [9.17, 15) is 4.79 Å². The Morgan fingerprint density at radius 1 is 1.39 bits per heavy atom. The Kier molecular flexibility index (Phi) is 4.75. The third kappa shape index (κ3) is 4.11. The Balaban J connectivity index is 2.66. The summed E-state index contributed by atoms with van der Waals surface area (Å²) < 4.78 is 0. The van der Waals surface area contributed by atoms with E-state index in [0.29, 0.717) is 6.54 Å².